The molecule has 1 fully saturated rings. The lowest BCUT2D eigenvalue weighted by atomic mass is 9.68. The van der Waals surface area contributed by atoms with Gasteiger partial charge < -0.3 is 19.5 Å². The number of methoxy groups -OCH3 is 1. The number of carbonyl (C=O) groups is 1. The summed E-state index contributed by atoms with van der Waals surface area (Å²) in [6.45, 7) is 5.47. The second-order valence-electron chi connectivity index (χ2n) is 13.4. The largest absolute Gasteiger partial charge is 0.490 e. The van der Waals surface area contributed by atoms with Gasteiger partial charge in [-0.15, -0.1) is 0 Å². The van der Waals surface area contributed by atoms with E-state index in [1.165, 1.54) is 18.2 Å². The van der Waals surface area contributed by atoms with Gasteiger partial charge in [-0.25, -0.2) is 13.1 Å². The molecule has 4 aliphatic rings. The third-order valence-electron chi connectivity index (χ3n) is 10.3. The molecule has 2 heterocycles. The van der Waals surface area contributed by atoms with Crippen molar-refractivity contribution < 1.29 is 27.8 Å². The molecule has 2 aliphatic carbocycles. The number of aryl methyl sites for hydroxylation is 1. The lowest BCUT2D eigenvalue weighted by molar-refractivity contribution is 0.0450. The predicted octanol–water partition coefficient (Wildman–Crippen LogP) is 5.26. The average molecular weight is 643 g/mol. The zero-order valence-electron chi connectivity index (χ0n) is 25.7. The van der Waals surface area contributed by atoms with Crippen molar-refractivity contribution >= 4 is 33.2 Å². The van der Waals surface area contributed by atoms with E-state index in [1.54, 1.807) is 38.1 Å². The Bertz CT molecular complexity index is 1540. The number of aliphatic hydroxyl groups excluding tert-OH is 1. The van der Waals surface area contributed by atoms with Gasteiger partial charge in [0.05, 0.1) is 24.5 Å². The highest BCUT2D eigenvalue weighted by molar-refractivity contribution is 7.90. The second-order valence-corrected chi connectivity index (χ2v) is 15.7. The maximum Gasteiger partial charge on any atom is 0.264 e. The van der Waals surface area contributed by atoms with Crippen LogP contribution in [-0.4, -0.2) is 63.7 Å². The number of hydrogen-bond acceptors (Lipinski definition) is 7. The van der Waals surface area contributed by atoms with Crippen LogP contribution in [0.15, 0.2) is 48.6 Å². The smallest absolute Gasteiger partial charge is 0.264 e. The summed E-state index contributed by atoms with van der Waals surface area (Å²) in [5.74, 6) is -0.00166. The van der Waals surface area contributed by atoms with Crippen LogP contribution in [0.2, 0.25) is 5.02 Å². The fraction of sp³-hybridized carbons (Fsp3) is 0.559. The van der Waals surface area contributed by atoms with Crippen molar-refractivity contribution in [3.63, 3.8) is 0 Å². The van der Waals surface area contributed by atoms with Crippen molar-refractivity contribution in [2.45, 2.75) is 75.2 Å². The first-order valence-electron chi connectivity index (χ1n) is 15.8. The normalized spacial score (nSPS) is 32.5. The minimum Gasteiger partial charge on any atom is -0.490 e. The molecule has 2 bridgehead atoms. The first-order valence-corrected chi connectivity index (χ1v) is 17.7. The van der Waals surface area contributed by atoms with Gasteiger partial charge in [-0.2, -0.15) is 0 Å². The molecule has 1 saturated carbocycles. The molecule has 238 valence electrons. The van der Waals surface area contributed by atoms with Crippen molar-refractivity contribution in [1.29, 1.82) is 0 Å². The lowest BCUT2D eigenvalue weighted by Crippen LogP contribution is -2.49. The first kappa shape index (κ1) is 31.4. The van der Waals surface area contributed by atoms with E-state index in [0.717, 1.165) is 42.8 Å². The molecule has 44 heavy (non-hydrogen) atoms. The van der Waals surface area contributed by atoms with Crippen LogP contribution in [0.3, 0.4) is 0 Å². The van der Waals surface area contributed by atoms with E-state index in [-0.39, 0.29) is 28.7 Å². The van der Waals surface area contributed by atoms with Gasteiger partial charge in [0.1, 0.15) is 11.0 Å². The average Bonchev–Trinajstić information content (AvgIpc) is 3.10. The van der Waals surface area contributed by atoms with E-state index in [1.807, 2.05) is 12.1 Å². The number of halogens is 1. The number of ether oxygens (including phenoxy) is 2. The molecule has 10 heteroatoms. The number of sulfonamides is 1. The maximum absolute atomic E-state index is 13.6. The number of nitrogens with zero attached hydrogens (tertiary/aromatic N) is 1. The molecule has 2 aliphatic heterocycles. The van der Waals surface area contributed by atoms with Crippen LogP contribution >= 0.6 is 11.6 Å². The van der Waals surface area contributed by atoms with Gasteiger partial charge in [0, 0.05) is 36.2 Å². The third kappa shape index (κ3) is 5.88. The summed E-state index contributed by atoms with van der Waals surface area (Å²) >= 11 is 6.40. The van der Waals surface area contributed by atoms with Crippen LogP contribution in [0.5, 0.6) is 5.75 Å². The highest BCUT2D eigenvalue weighted by Gasteiger charge is 2.44. The van der Waals surface area contributed by atoms with Gasteiger partial charge in [0.25, 0.3) is 5.91 Å². The molecule has 2 aromatic carbocycles. The van der Waals surface area contributed by atoms with Gasteiger partial charge in [0.2, 0.25) is 10.0 Å². The molecule has 6 rings (SSSR count). The number of amides is 1. The van der Waals surface area contributed by atoms with E-state index in [2.05, 4.69) is 21.8 Å². The summed E-state index contributed by atoms with van der Waals surface area (Å²) in [7, 11) is -2.63. The van der Waals surface area contributed by atoms with Crippen LogP contribution in [0.4, 0.5) is 5.69 Å². The van der Waals surface area contributed by atoms with E-state index >= 15 is 0 Å². The number of aliphatic hydroxyl groups is 1. The highest BCUT2D eigenvalue weighted by atomic mass is 35.5. The summed E-state index contributed by atoms with van der Waals surface area (Å²) in [6.07, 6.45) is 7.43. The molecule has 0 unspecified atom stereocenters. The molecular formula is C34H43ClN2O6S. The van der Waals surface area contributed by atoms with Gasteiger partial charge in [-0.1, -0.05) is 43.7 Å². The van der Waals surface area contributed by atoms with Gasteiger partial charge >= 0.3 is 0 Å². The van der Waals surface area contributed by atoms with Crippen LogP contribution < -0.4 is 14.4 Å². The predicted molar refractivity (Wildman–Crippen MR) is 172 cm³/mol. The molecule has 6 atom stereocenters. The van der Waals surface area contributed by atoms with Gasteiger partial charge in [-0.3, -0.25) is 4.79 Å². The maximum atomic E-state index is 13.6. The Balaban J connectivity index is 1.43. The minimum atomic E-state index is -4.11. The standard InChI is InChI=1S/C34H43ClN2O6S/c1-21(2)32-31(42-3)8-4-7-29(38)26-12-9-24(26)18-37-19-34(15-5-6-22-16-25(35)11-13-27(22)34)20-43-30-14-10-23(17-28(30)37)33(39)36-44(32,40)41/h4,7,10-11,13-14,16-17,21,24,26,29,31-32,38H,5-6,8-9,12,15,18-20H2,1-3H3,(H,36,39)/b7-4+/t24-,26+,29-,31+,32-,34-/m0/s1. The van der Waals surface area contributed by atoms with Crippen LogP contribution in [0.1, 0.15) is 67.4 Å². The van der Waals surface area contributed by atoms with Crippen LogP contribution in [0, 0.1) is 17.8 Å². The second kappa shape index (κ2) is 12.3. The Morgan fingerprint density at radius 1 is 1.18 bits per heavy atom. The number of anilines is 1. The van der Waals surface area contributed by atoms with E-state index in [9.17, 15) is 18.3 Å². The van der Waals surface area contributed by atoms with Crippen molar-refractivity contribution in [2.75, 3.05) is 31.7 Å². The van der Waals surface area contributed by atoms with Crippen LogP contribution in [0.25, 0.3) is 0 Å². The van der Waals surface area contributed by atoms with Crippen molar-refractivity contribution in [1.82, 2.24) is 4.72 Å². The number of nitrogens with one attached hydrogen (secondary N) is 1. The molecule has 8 nitrogen and oxygen atoms in total. The summed E-state index contributed by atoms with van der Waals surface area (Å²) < 4.78 is 41.8. The molecule has 2 N–H and O–H groups in total. The van der Waals surface area contributed by atoms with Crippen molar-refractivity contribution in [2.24, 2.45) is 17.8 Å². The number of rotatable bonds is 2. The molecular weight excluding hydrogens is 600 g/mol. The lowest BCUT2D eigenvalue weighted by Gasteiger charge is -2.45. The minimum absolute atomic E-state index is 0.0808. The van der Waals surface area contributed by atoms with Crippen LogP contribution in [-0.2, 0) is 26.6 Å². The zero-order chi connectivity index (χ0) is 31.2. The Morgan fingerprint density at radius 3 is 2.73 bits per heavy atom. The van der Waals surface area contributed by atoms with E-state index in [4.69, 9.17) is 21.1 Å². The van der Waals surface area contributed by atoms with Gasteiger partial charge in [0.15, 0.2) is 0 Å². The monoisotopic (exact) mass is 642 g/mol. The Morgan fingerprint density at radius 2 is 2.00 bits per heavy atom. The topological polar surface area (TPSA) is 105 Å². The Kier molecular flexibility index (Phi) is 8.78. The number of hydrogen-bond donors (Lipinski definition) is 2. The van der Waals surface area contributed by atoms with E-state index in [0.29, 0.717) is 31.9 Å². The molecule has 0 saturated heterocycles. The summed E-state index contributed by atoms with van der Waals surface area (Å²) in [5.41, 5.74) is 3.24. The Labute approximate surface area is 265 Å². The molecule has 2 aromatic rings. The summed E-state index contributed by atoms with van der Waals surface area (Å²) in [6, 6.07) is 11.3. The fourth-order valence-electron chi connectivity index (χ4n) is 7.91. The van der Waals surface area contributed by atoms with Crippen molar-refractivity contribution in [3.8, 4) is 5.75 Å². The summed E-state index contributed by atoms with van der Waals surface area (Å²) in [4.78, 5) is 15.9. The zero-order valence-corrected chi connectivity index (χ0v) is 27.2. The number of carbonyl (C=O) groups excluding carboxylic acids is 1. The molecule has 0 aromatic heterocycles. The highest BCUT2D eigenvalue weighted by Crippen LogP contribution is 2.46. The molecule has 1 amide bonds. The van der Waals surface area contributed by atoms with E-state index < -0.39 is 33.4 Å². The Hall–Kier alpha value is -2.59. The third-order valence-corrected chi connectivity index (χ3v) is 12.6. The molecule has 1 spiro atoms. The van der Waals surface area contributed by atoms with Gasteiger partial charge in [-0.05, 0) is 97.7 Å². The first-order chi connectivity index (χ1) is 21.0. The fourth-order valence-corrected chi connectivity index (χ4v) is 9.96. The van der Waals surface area contributed by atoms with Crippen molar-refractivity contribution in [3.05, 3.63) is 70.3 Å². The number of fused-ring (bicyclic) bond motifs is 4. The quantitative estimate of drug-likeness (QED) is 0.431. The summed E-state index contributed by atoms with van der Waals surface area (Å²) in [5, 5.41) is 11.0. The number of benzene rings is 2. The molecule has 0 radical (unpaired) electrons. The SMILES string of the molecule is CO[C@@H]1C/C=C/[C@H](O)[C@@H]2CC[C@H]2CN2C[C@@]3(CCCc4cc(Cl)ccc43)COc3ccc(cc32)C(=O)NS(=O)(=O)[C@H]1C(C)C.